The molecule has 100 valence electrons. The summed E-state index contributed by atoms with van der Waals surface area (Å²) < 4.78 is 0. The highest BCUT2D eigenvalue weighted by Crippen LogP contribution is 2.19. The molecule has 2 heteroatoms. The summed E-state index contributed by atoms with van der Waals surface area (Å²) in [6.07, 6.45) is 7.07. The van der Waals surface area contributed by atoms with Crippen LogP contribution in [0.4, 0.5) is 0 Å². The van der Waals surface area contributed by atoms with Crippen molar-refractivity contribution in [2.24, 2.45) is 0 Å². The summed E-state index contributed by atoms with van der Waals surface area (Å²) in [5.74, 6) is 0. The number of aliphatic hydroxyl groups excluding tert-OH is 1. The van der Waals surface area contributed by atoms with Crippen LogP contribution in [0.1, 0.15) is 50.2 Å². The molecule has 2 rings (SSSR count). The minimum absolute atomic E-state index is 0.285. The number of hydrogen-bond acceptors (Lipinski definition) is 2. The van der Waals surface area contributed by atoms with Crippen molar-refractivity contribution in [1.82, 2.24) is 4.90 Å². The van der Waals surface area contributed by atoms with E-state index in [0.29, 0.717) is 0 Å². The molecule has 0 bridgehead atoms. The van der Waals surface area contributed by atoms with Crippen LogP contribution in [0.15, 0.2) is 30.3 Å². The number of piperidine rings is 1. The Labute approximate surface area is 111 Å². The molecule has 1 aliphatic rings. The molecule has 2 nitrogen and oxygen atoms in total. The molecule has 0 unspecified atom stereocenters. The van der Waals surface area contributed by atoms with Crippen molar-refractivity contribution in [2.75, 3.05) is 19.6 Å². The first-order valence-corrected chi connectivity index (χ1v) is 7.31. The quantitative estimate of drug-likeness (QED) is 0.779. The maximum atomic E-state index is 10.0. The van der Waals surface area contributed by atoms with Gasteiger partial charge < -0.3 is 10.0 Å². The minimum Gasteiger partial charge on any atom is -0.388 e. The molecule has 1 aromatic carbocycles. The molecule has 1 fully saturated rings. The Hall–Kier alpha value is -0.860. The maximum absolute atomic E-state index is 10.0. The first-order chi connectivity index (χ1) is 8.86. The van der Waals surface area contributed by atoms with Crippen LogP contribution in [0.25, 0.3) is 0 Å². The monoisotopic (exact) mass is 247 g/mol. The fourth-order valence-electron chi connectivity index (χ4n) is 2.70. The third-order valence-corrected chi connectivity index (χ3v) is 3.83. The van der Waals surface area contributed by atoms with Gasteiger partial charge in [0, 0.05) is 0 Å². The molecular formula is C16H25NO. The second-order valence-electron chi connectivity index (χ2n) is 5.32. The normalized spacial score (nSPS) is 18.7. The van der Waals surface area contributed by atoms with E-state index in [1.807, 2.05) is 30.3 Å². The van der Waals surface area contributed by atoms with Gasteiger partial charge in [-0.25, -0.2) is 0 Å². The molecule has 1 N–H and O–H groups in total. The second kappa shape index (κ2) is 7.55. The van der Waals surface area contributed by atoms with Crippen molar-refractivity contribution in [2.45, 2.75) is 44.6 Å². The zero-order valence-corrected chi connectivity index (χ0v) is 11.2. The second-order valence-corrected chi connectivity index (χ2v) is 5.32. The summed E-state index contributed by atoms with van der Waals surface area (Å²) >= 11 is 0. The zero-order chi connectivity index (χ0) is 12.6. The van der Waals surface area contributed by atoms with E-state index in [-0.39, 0.29) is 6.10 Å². The highest BCUT2D eigenvalue weighted by atomic mass is 16.3. The lowest BCUT2D eigenvalue weighted by atomic mass is 10.0. The van der Waals surface area contributed by atoms with Gasteiger partial charge in [0.2, 0.25) is 0 Å². The highest BCUT2D eigenvalue weighted by Gasteiger charge is 2.10. The van der Waals surface area contributed by atoms with Gasteiger partial charge in [-0.1, -0.05) is 36.8 Å². The lowest BCUT2D eigenvalue weighted by Gasteiger charge is -2.26. The lowest BCUT2D eigenvalue weighted by molar-refractivity contribution is 0.158. The topological polar surface area (TPSA) is 23.5 Å². The number of unbranched alkanes of at least 4 members (excludes halogenated alkanes) is 1. The van der Waals surface area contributed by atoms with Crippen LogP contribution < -0.4 is 0 Å². The summed E-state index contributed by atoms with van der Waals surface area (Å²) in [6, 6.07) is 10.00. The first-order valence-electron chi connectivity index (χ1n) is 7.31. The largest absolute Gasteiger partial charge is 0.388 e. The van der Waals surface area contributed by atoms with Crippen LogP contribution in [0.5, 0.6) is 0 Å². The Morgan fingerprint density at radius 3 is 2.44 bits per heavy atom. The summed E-state index contributed by atoms with van der Waals surface area (Å²) in [5, 5.41) is 10.0. The molecule has 1 aromatic rings. The number of aliphatic hydroxyl groups is 1. The number of rotatable bonds is 6. The van der Waals surface area contributed by atoms with Gasteiger partial charge in [-0.3, -0.25) is 0 Å². The Balaban J connectivity index is 1.60. The summed E-state index contributed by atoms with van der Waals surface area (Å²) in [4.78, 5) is 2.57. The molecular weight excluding hydrogens is 222 g/mol. The van der Waals surface area contributed by atoms with Crippen LogP contribution in [0.2, 0.25) is 0 Å². The molecule has 0 aromatic heterocycles. The van der Waals surface area contributed by atoms with Gasteiger partial charge >= 0.3 is 0 Å². The van der Waals surface area contributed by atoms with Gasteiger partial charge in [0.15, 0.2) is 0 Å². The Morgan fingerprint density at radius 2 is 1.72 bits per heavy atom. The number of likely N-dealkylation sites (tertiary alicyclic amines) is 1. The molecule has 18 heavy (non-hydrogen) atoms. The number of benzene rings is 1. The van der Waals surface area contributed by atoms with Gasteiger partial charge in [-0.2, -0.15) is 0 Å². The van der Waals surface area contributed by atoms with Crippen LogP contribution in [-0.4, -0.2) is 29.6 Å². The number of nitrogens with zero attached hydrogens (tertiary/aromatic N) is 1. The molecule has 1 atom stereocenters. The van der Waals surface area contributed by atoms with E-state index in [9.17, 15) is 5.11 Å². The van der Waals surface area contributed by atoms with Crippen molar-refractivity contribution in [3.63, 3.8) is 0 Å². The van der Waals surface area contributed by atoms with E-state index >= 15 is 0 Å². The van der Waals surface area contributed by atoms with E-state index in [2.05, 4.69) is 4.90 Å². The fraction of sp³-hybridized carbons (Fsp3) is 0.625. The predicted octanol–water partition coefficient (Wildman–Crippen LogP) is 3.38. The van der Waals surface area contributed by atoms with E-state index in [4.69, 9.17) is 0 Å². The molecule has 0 amide bonds. The Kier molecular flexibility index (Phi) is 5.69. The summed E-state index contributed by atoms with van der Waals surface area (Å²) in [7, 11) is 0. The van der Waals surface area contributed by atoms with Crippen LogP contribution in [-0.2, 0) is 0 Å². The minimum atomic E-state index is -0.285. The first kappa shape index (κ1) is 13.6. The van der Waals surface area contributed by atoms with Gasteiger partial charge in [-0.05, 0) is 57.3 Å². The van der Waals surface area contributed by atoms with Crippen molar-refractivity contribution in [3.8, 4) is 0 Å². The average Bonchev–Trinajstić information content (AvgIpc) is 2.45. The van der Waals surface area contributed by atoms with Crippen molar-refractivity contribution in [1.29, 1.82) is 0 Å². The van der Waals surface area contributed by atoms with Gasteiger partial charge in [0.1, 0.15) is 0 Å². The molecule has 0 spiro atoms. The van der Waals surface area contributed by atoms with Crippen molar-refractivity contribution >= 4 is 0 Å². The van der Waals surface area contributed by atoms with Crippen molar-refractivity contribution in [3.05, 3.63) is 35.9 Å². The number of hydrogen-bond donors (Lipinski definition) is 1. The fourth-order valence-corrected chi connectivity index (χ4v) is 2.70. The SMILES string of the molecule is O[C@@H](CCCCN1CCCCC1)c1ccccc1. The zero-order valence-electron chi connectivity index (χ0n) is 11.2. The average molecular weight is 247 g/mol. The Bertz CT molecular complexity index is 319. The third kappa shape index (κ3) is 4.43. The van der Waals surface area contributed by atoms with Crippen LogP contribution in [0.3, 0.4) is 0 Å². The smallest absolute Gasteiger partial charge is 0.0790 e. The van der Waals surface area contributed by atoms with Crippen LogP contribution >= 0.6 is 0 Å². The summed E-state index contributed by atoms with van der Waals surface area (Å²) in [5.41, 5.74) is 1.05. The molecule has 1 saturated heterocycles. The lowest BCUT2D eigenvalue weighted by Crippen LogP contribution is -2.30. The molecule has 0 aliphatic carbocycles. The maximum Gasteiger partial charge on any atom is 0.0790 e. The van der Waals surface area contributed by atoms with E-state index in [0.717, 1.165) is 18.4 Å². The van der Waals surface area contributed by atoms with Gasteiger partial charge in [-0.15, -0.1) is 0 Å². The van der Waals surface area contributed by atoms with E-state index in [1.165, 1.54) is 45.3 Å². The van der Waals surface area contributed by atoms with Crippen molar-refractivity contribution < 1.29 is 5.11 Å². The molecule has 1 aliphatic heterocycles. The summed E-state index contributed by atoms with van der Waals surface area (Å²) in [6.45, 7) is 3.77. The van der Waals surface area contributed by atoms with E-state index < -0.39 is 0 Å². The molecule has 0 saturated carbocycles. The molecule has 0 radical (unpaired) electrons. The van der Waals surface area contributed by atoms with Gasteiger partial charge in [0.05, 0.1) is 6.10 Å². The third-order valence-electron chi connectivity index (χ3n) is 3.83. The van der Waals surface area contributed by atoms with Gasteiger partial charge in [0.25, 0.3) is 0 Å². The van der Waals surface area contributed by atoms with Crippen LogP contribution in [0, 0.1) is 0 Å². The standard InChI is InChI=1S/C16H25NO/c18-16(15-9-3-1-4-10-15)11-5-8-14-17-12-6-2-7-13-17/h1,3-4,9-10,16,18H,2,5-8,11-14H2/t16-/m0/s1. The highest BCUT2D eigenvalue weighted by molar-refractivity contribution is 5.16. The van der Waals surface area contributed by atoms with E-state index in [1.54, 1.807) is 0 Å². The molecule has 1 heterocycles. The Morgan fingerprint density at radius 1 is 1.00 bits per heavy atom. The predicted molar refractivity (Wildman–Crippen MR) is 75.5 cm³/mol.